The topological polar surface area (TPSA) is 46.6 Å². The van der Waals surface area contributed by atoms with Crippen molar-refractivity contribution in [3.05, 3.63) is 12.7 Å². The highest BCUT2D eigenvalue weighted by molar-refractivity contribution is 5.96. The molecule has 4 nitrogen and oxygen atoms in total. The molecule has 0 heterocycles. The van der Waals surface area contributed by atoms with Crippen LogP contribution in [0.2, 0.25) is 0 Å². The minimum absolute atomic E-state index is 0.0441. The molecule has 0 aromatic rings. The van der Waals surface area contributed by atoms with Crippen LogP contribution >= 0.6 is 0 Å². The van der Waals surface area contributed by atoms with Crippen LogP contribution in [-0.2, 0) is 14.3 Å². The molecule has 0 aliphatic carbocycles. The van der Waals surface area contributed by atoms with Crippen molar-refractivity contribution in [1.29, 1.82) is 0 Å². The number of ketones is 1. The van der Waals surface area contributed by atoms with Gasteiger partial charge in [-0.05, 0) is 6.92 Å². The Bertz CT molecular complexity index is 213. The fraction of sp³-hybridized carbons (Fsp3) is 0.600. The largest absolute Gasteiger partial charge is 0.383 e. The molecule has 0 spiro atoms. The zero-order valence-corrected chi connectivity index (χ0v) is 8.78. The Morgan fingerprint density at radius 1 is 1.50 bits per heavy atom. The summed E-state index contributed by atoms with van der Waals surface area (Å²) in [6.45, 7) is 6.37. The van der Waals surface area contributed by atoms with E-state index >= 15 is 0 Å². The normalized spacial score (nSPS) is 9.57. The molecule has 0 N–H and O–H groups in total. The lowest BCUT2D eigenvalue weighted by Crippen LogP contribution is -2.34. The van der Waals surface area contributed by atoms with Crippen LogP contribution in [-0.4, -0.2) is 43.4 Å². The van der Waals surface area contributed by atoms with Crippen LogP contribution in [0.15, 0.2) is 12.7 Å². The van der Waals surface area contributed by atoms with Gasteiger partial charge in [-0.15, -0.1) is 6.58 Å². The second kappa shape index (κ2) is 7.26. The molecule has 0 saturated heterocycles. The van der Waals surface area contributed by atoms with Crippen LogP contribution in [0.5, 0.6) is 0 Å². The van der Waals surface area contributed by atoms with E-state index in [0.717, 1.165) is 0 Å². The minimum Gasteiger partial charge on any atom is -0.383 e. The molecule has 0 bridgehead atoms. The first-order valence-corrected chi connectivity index (χ1v) is 4.48. The number of hydrogen-bond donors (Lipinski definition) is 0. The van der Waals surface area contributed by atoms with Gasteiger partial charge in [0.15, 0.2) is 0 Å². The number of carbonyl (C=O) groups excluding carboxylic acids is 2. The van der Waals surface area contributed by atoms with Crippen molar-refractivity contribution >= 4 is 11.7 Å². The zero-order chi connectivity index (χ0) is 11.0. The van der Waals surface area contributed by atoms with E-state index in [9.17, 15) is 9.59 Å². The van der Waals surface area contributed by atoms with Gasteiger partial charge in [-0.2, -0.15) is 0 Å². The fourth-order valence-corrected chi connectivity index (χ4v) is 1.000. The Morgan fingerprint density at radius 3 is 2.57 bits per heavy atom. The molecule has 0 aromatic carbocycles. The molecule has 0 aromatic heterocycles. The number of ether oxygens (including phenoxy) is 1. The van der Waals surface area contributed by atoms with Gasteiger partial charge in [-0.1, -0.05) is 6.08 Å². The molecule has 0 unspecified atom stereocenters. The molecule has 80 valence electrons. The highest BCUT2D eigenvalue weighted by Gasteiger charge is 2.13. The Hall–Kier alpha value is -1.16. The zero-order valence-electron chi connectivity index (χ0n) is 8.78. The lowest BCUT2D eigenvalue weighted by molar-refractivity contribution is -0.134. The lowest BCUT2D eigenvalue weighted by Gasteiger charge is -2.19. The average molecular weight is 199 g/mol. The molecule has 0 aliphatic heterocycles. The van der Waals surface area contributed by atoms with Crippen molar-refractivity contribution < 1.29 is 14.3 Å². The van der Waals surface area contributed by atoms with Crippen LogP contribution in [0.1, 0.15) is 13.3 Å². The lowest BCUT2D eigenvalue weighted by atomic mass is 10.2. The van der Waals surface area contributed by atoms with E-state index in [0.29, 0.717) is 19.7 Å². The Balaban J connectivity index is 4.09. The average Bonchev–Trinajstić information content (AvgIpc) is 2.10. The molecular formula is C10H17NO3. The quantitative estimate of drug-likeness (QED) is 0.446. The van der Waals surface area contributed by atoms with Crippen LogP contribution in [0, 0.1) is 0 Å². The van der Waals surface area contributed by atoms with Crippen LogP contribution < -0.4 is 0 Å². The molecule has 0 aliphatic rings. The summed E-state index contributed by atoms with van der Waals surface area (Å²) in [7, 11) is 1.57. The van der Waals surface area contributed by atoms with Gasteiger partial charge in [-0.25, -0.2) is 0 Å². The fourth-order valence-electron chi connectivity index (χ4n) is 1.000. The van der Waals surface area contributed by atoms with Crippen molar-refractivity contribution in [1.82, 2.24) is 4.90 Å². The summed E-state index contributed by atoms with van der Waals surface area (Å²) < 4.78 is 4.86. The van der Waals surface area contributed by atoms with Crippen LogP contribution in [0.25, 0.3) is 0 Å². The molecule has 0 saturated carbocycles. The van der Waals surface area contributed by atoms with E-state index < -0.39 is 0 Å². The van der Waals surface area contributed by atoms with Crippen molar-refractivity contribution in [3.63, 3.8) is 0 Å². The van der Waals surface area contributed by atoms with E-state index in [1.54, 1.807) is 18.1 Å². The third-order valence-electron chi connectivity index (χ3n) is 1.67. The predicted molar refractivity (Wildman–Crippen MR) is 54.0 cm³/mol. The molecule has 0 radical (unpaired) electrons. The summed E-state index contributed by atoms with van der Waals surface area (Å²) in [4.78, 5) is 23.7. The van der Waals surface area contributed by atoms with Gasteiger partial charge in [0.25, 0.3) is 0 Å². The summed E-state index contributed by atoms with van der Waals surface area (Å²) >= 11 is 0. The number of nitrogens with zero attached hydrogens (tertiary/aromatic N) is 1. The van der Waals surface area contributed by atoms with Crippen molar-refractivity contribution in [2.75, 3.05) is 26.8 Å². The summed E-state index contributed by atoms with van der Waals surface area (Å²) in [5, 5.41) is 0. The van der Waals surface area contributed by atoms with Crippen LogP contribution in [0.3, 0.4) is 0 Å². The predicted octanol–water partition coefficient (Wildman–Crippen LogP) is 0.626. The van der Waals surface area contributed by atoms with Gasteiger partial charge >= 0.3 is 0 Å². The molecule has 14 heavy (non-hydrogen) atoms. The summed E-state index contributed by atoms with van der Waals surface area (Å²) in [6, 6.07) is 0. The molecule has 4 heteroatoms. The maximum absolute atomic E-state index is 11.5. The summed E-state index contributed by atoms with van der Waals surface area (Å²) in [5.74, 6) is -0.295. The smallest absolute Gasteiger partial charge is 0.230 e. The van der Waals surface area contributed by atoms with Crippen LogP contribution in [0.4, 0.5) is 0 Å². The Kier molecular flexibility index (Phi) is 6.66. The molecule has 0 rings (SSSR count). The highest BCUT2D eigenvalue weighted by atomic mass is 16.5. The monoisotopic (exact) mass is 199 g/mol. The van der Waals surface area contributed by atoms with Crippen molar-refractivity contribution in [3.8, 4) is 0 Å². The third kappa shape index (κ3) is 5.48. The van der Waals surface area contributed by atoms with E-state index in [2.05, 4.69) is 6.58 Å². The third-order valence-corrected chi connectivity index (χ3v) is 1.67. The maximum atomic E-state index is 11.5. The Labute approximate surface area is 84.5 Å². The van der Waals surface area contributed by atoms with Gasteiger partial charge < -0.3 is 9.64 Å². The van der Waals surface area contributed by atoms with E-state index in [-0.39, 0.29) is 18.1 Å². The first-order valence-electron chi connectivity index (χ1n) is 4.48. The van der Waals surface area contributed by atoms with Gasteiger partial charge in [0.1, 0.15) is 5.78 Å². The molecule has 1 amide bonds. The van der Waals surface area contributed by atoms with E-state index in [1.165, 1.54) is 6.92 Å². The van der Waals surface area contributed by atoms with Gasteiger partial charge in [-0.3, -0.25) is 9.59 Å². The van der Waals surface area contributed by atoms with Crippen molar-refractivity contribution in [2.45, 2.75) is 13.3 Å². The number of carbonyl (C=O) groups is 2. The van der Waals surface area contributed by atoms with Crippen molar-refractivity contribution in [2.24, 2.45) is 0 Å². The second-order valence-corrected chi connectivity index (χ2v) is 3.00. The number of amides is 1. The SMILES string of the molecule is C=CCN(CCOC)C(=O)CC(C)=O. The summed E-state index contributed by atoms with van der Waals surface area (Å²) in [5.41, 5.74) is 0. The summed E-state index contributed by atoms with van der Waals surface area (Å²) in [6.07, 6.45) is 1.59. The highest BCUT2D eigenvalue weighted by Crippen LogP contribution is 1.96. The number of Topliss-reactive ketones (excluding diaryl/α,β-unsaturated/α-hetero) is 1. The Morgan fingerprint density at radius 2 is 2.14 bits per heavy atom. The number of rotatable bonds is 7. The standard InChI is InChI=1S/C10H17NO3/c1-4-5-11(6-7-14-3)10(13)8-9(2)12/h4H,1,5-8H2,2-3H3. The first-order chi connectivity index (χ1) is 6.61. The maximum Gasteiger partial charge on any atom is 0.230 e. The van der Waals surface area contributed by atoms with Gasteiger partial charge in [0, 0.05) is 20.2 Å². The van der Waals surface area contributed by atoms with Gasteiger partial charge in [0.05, 0.1) is 13.0 Å². The van der Waals surface area contributed by atoms with E-state index in [4.69, 9.17) is 4.74 Å². The minimum atomic E-state index is -0.172. The molecule has 0 fully saturated rings. The molecular weight excluding hydrogens is 182 g/mol. The second-order valence-electron chi connectivity index (χ2n) is 3.00. The van der Waals surface area contributed by atoms with E-state index in [1.807, 2.05) is 0 Å². The molecule has 0 atom stereocenters. The first kappa shape index (κ1) is 12.8. The van der Waals surface area contributed by atoms with Gasteiger partial charge in [0.2, 0.25) is 5.91 Å². The number of methoxy groups -OCH3 is 1. The number of hydrogen-bond acceptors (Lipinski definition) is 3.